The highest BCUT2D eigenvalue weighted by Gasteiger charge is 2.55. The molecule has 2 nitrogen and oxygen atoms in total. The van der Waals surface area contributed by atoms with Crippen LogP contribution >= 0.6 is 11.6 Å². The summed E-state index contributed by atoms with van der Waals surface area (Å²) in [4.78, 5) is 2.33. The van der Waals surface area contributed by atoms with Gasteiger partial charge in [0.2, 0.25) is 0 Å². The number of nitrogens with one attached hydrogen (secondary N) is 1. The molecule has 22 rings (SSSR count). The molecule has 0 fully saturated rings. The molecule has 111 heavy (non-hydrogen) atoms. The zero-order valence-corrected chi connectivity index (χ0v) is 63.2. The third-order valence-electron chi connectivity index (χ3n) is 24.5. The lowest BCUT2D eigenvalue weighted by Gasteiger charge is -2.46. The Hall–Kier alpha value is -13.1. The average Bonchev–Trinajstić information content (AvgIpc) is 1.57. The van der Waals surface area contributed by atoms with Crippen LogP contribution in [0.25, 0.3) is 87.6 Å². The summed E-state index contributed by atoms with van der Waals surface area (Å²) in [6, 6.07) is 147. The Morgan fingerprint density at radius 2 is 0.505 bits per heavy atom. The fourth-order valence-corrected chi connectivity index (χ4v) is 19.7. The van der Waals surface area contributed by atoms with E-state index in [-0.39, 0.29) is 16.2 Å². The Balaban J connectivity index is 0.000000127. The van der Waals surface area contributed by atoms with Gasteiger partial charge in [0.05, 0.1) is 10.8 Å². The van der Waals surface area contributed by atoms with Crippen LogP contribution in [0.1, 0.15) is 94.5 Å². The van der Waals surface area contributed by atoms with E-state index in [1.54, 1.807) is 0 Å². The van der Waals surface area contributed by atoms with E-state index in [0.29, 0.717) is 0 Å². The smallest absolute Gasteiger partial charge is 0.0719 e. The Labute approximate surface area is 654 Å². The minimum Gasteiger partial charge on any atom is -0.356 e. The average molecular weight is 1440 g/mol. The molecule has 0 radical (unpaired) electrons. The van der Waals surface area contributed by atoms with Crippen LogP contribution in [-0.2, 0) is 21.7 Å². The number of benzene rings is 18. The molecule has 0 unspecified atom stereocenters. The number of hydrogen-bond donors (Lipinski definition) is 1. The summed E-state index contributed by atoms with van der Waals surface area (Å²) < 4.78 is 0. The summed E-state index contributed by atoms with van der Waals surface area (Å²) in [6.07, 6.45) is 0. The van der Waals surface area contributed by atoms with Crippen LogP contribution in [0, 0.1) is 0 Å². The first-order valence-electron chi connectivity index (χ1n) is 38.7. The standard InChI is InChI=1S/C54H39N.C42H29Cl.C12H11N/c1-53(2)48-21-11-13-23-50(48)54(51-24-14-12-22-49(51)53)47-20-10-9-19-45(47)46-31-28-37(35-52(46)54)36-27-30-43-38(33-36)25-26-39-34-42(29-32-44(39)43)55(40-15-5-3-6-16-40)41-17-7-4-8-18-41;1-41(2)36-11-5-7-13-38(36)42(39-14-8-6-12-37(39)41)35-10-4-3-9-33(35)34-21-18-27(25-40(34)42)26-17-20-31-28(23-26)15-16-29-24-30(43)19-22-32(29)31;1-3-7-11(8-4-1)13-12-9-5-2-6-10-12/h3-35H,1-2H3;3-25H,1-2H3;1-10,13H. The Kier molecular flexibility index (Phi) is 16.1. The molecule has 18 aromatic carbocycles. The number of para-hydroxylation sites is 4. The monoisotopic (exact) mass is 1440 g/mol. The maximum Gasteiger partial charge on any atom is 0.0719 e. The van der Waals surface area contributed by atoms with E-state index in [4.69, 9.17) is 11.6 Å². The summed E-state index contributed by atoms with van der Waals surface area (Å²) in [5, 5.41) is 14.0. The van der Waals surface area contributed by atoms with Gasteiger partial charge >= 0.3 is 0 Å². The van der Waals surface area contributed by atoms with Crippen molar-refractivity contribution in [3.05, 3.63) is 472 Å². The van der Waals surface area contributed by atoms with Gasteiger partial charge in [0.15, 0.2) is 0 Å². The molecule has 4 aliphatic carbocycles. The van der Waals surface area contributed by atoms with E-state index in [1.807, 2.05) is 72.8 Å². The van der Waals surface area contributed by atoms with Gasteiger partial charge < -0.3 is 10.2 Å². The molecule has 0 atom stereocenters. The van der Waals surface area contributed by atoms with Crippen molar-refractivity contribution in [3.63, 3.8) is 0 Å². The molecular formula is C108H79ClN2. The van der Waals surface area contributed by atoms with Gasteiger partial charge in [-0.05, 0) is 251 Å². The molecule has 0 bridgehead atoms. The number of anilines is 5. The second-order valence-electron chi connectivity index (χ2n) is 31.2. The Bertz CT molecular complexity index is 6520. The van der Waals surface area contributed by atoms with Crippen LogP contribution < -0.4 is 10.2 Å². The van der Waals surface area contributed by atoms with Crippen molar-refractivity contribution in [3.8, 4) is 44.5 Å². The van der Waals surface area contributed by atoms with Gasteiger partial charge in [-0.25, -0.2) is 0 Å². The first-order valence-corrected chi connectivity index (χ1v) is 39.1. The van der Waals surface area contributed by atoms with Crippen LogP contribution in [-0.4, -0.2) is 0 Å². The Morgan fingerprint density at radius 1 is 0.216 bits per heavy atom. The lowest BCUT2D eigenvalue weighted by Crippen LogP contribution is -2.40. The van der Waals surface area contributed by atoms with E-state index in [2.05, 4.69) is 365 Å². The van der Waals surface area contributed by atoms with Crippen LogP contribution in [0.15, 0.2) is 400 Å². The predicted molar refractivity (Wildman–Crippen MR) is 469 cm³/mol. The van der Waals surface area contributed by atoms with Gasteiger partial charge in [-0.2, -0.15) is 0 Å². The van der Waals surface area contributed by atoms with E-state index in [1.165, 1.54) is 154 Å². The number of nitrogens with zero attached hydrogens (tertiary/aromatic N) is 1. The second-order valence-corrected chi connectivity index (χ2v) is 31.6. The molecule has 0 saturated carbocycles. The van der Waals surface area contributed by atoms with Gasteiger partial charge in [-0.1, -0.05) is 343 Å². The van der Waals surface area contributed by atoms with Crippen LogP contribution in [0.5, 0.6) is 0 Å². The lowest BCUT2D eigenvalue weighted by molar-refractivity contribution is 0.563. The molecule has 0 heterocycles. The van der Waals surface area contributed by atoms with E-state index >= 15 is 0 Å². The molecular weight excluding hydrogens is 1360 g/mol. The normalized spacial score (nSPS) is 14.1. The third-order valence-corrected chi connectivity index (χ3v) is 24.7. The molecule has 528 valence electrons. The largest absolute Gasteiger partial charge is 0.356 e. The molecule has 0 aliphatic heterocycles. The van der Waals surface area contributed by atoms with Crippen LogP contribution in [0.4, 0.5) is 28.4 Å². The summed E-state index contributed by atoms with van der Waals surface area (Å²) in [7, 11) is 0. The van der Waals surface area contributed by atoms with Gasteiger partial charge in [0.25, 0.3) is 0 Å². The van der Waals surface area contributed by atoms with Crippen molar-refractivity contribution in [2.75, 3.05) is 10.2 Å². The van der Waals surface area contributed by atoms with Crippen molar-refractivity contribution in [1.82, 2.24) is 0 Å². The number of halogens is 1. The van der Waals surface area contributed by atoms with E-state index in [0.717, 1.165) is 33.5 Å². The first kappa shape index (κ1) is 67.3. The zero-order valence-electron chi connectivity index (χ0n) is 62.4. The van der Waals surface area contributed by atoms with Crippen molar-refractivity contribution in [1.29, 1.82) is 0 Å². The SMILES string of the molecule is CC1(C)c2ccccc2C2(c3ccccc3-c3ccc(-c4ccc5c(ccc6cc(Cl)ccc65)c4)cc32)c2ccccc21.CC1(C)c2ccccc2C2(c3ccccc3-c3ccc(-c4ccc5c(ccc6cc(N(c7ccccc7)c7ccccc7)ccc65)c4)cc32)c2ccccc21.c1ccc(Nc2ccccc2)cc1. The highest BCUT2D eigenvalue weighted by molar-refractivity contribution is 6.31. The molecule has 18 aromatic rings. The highest BCUT2D eigenvalue weighted by atomic mass is 35.5. The lowest BCUT2D eigenvalue weighted by atomic mass is 9.55. The molecule has 2 spiro atoms. The zero-order chi connectivity index (χ0) is 74.6. The van der Waals surface area contributed by atoms with E-state index < -0.39 is 5.41 Å². The summed E-state index contributed by atoms with van der Waals surface area (Å²) >= 11 is 6.30. The first-order chi connectivity index (χ1) is 54.5. The van der Waals surface area contributed by atoms with Crippen molar-refractivity contribution in [2.45, 2.75) is 49.4 Å². The number of rotatable bonds is 7. The fourth-order valence-electron chi connectivity index (χ4n) is 19.5. The topological polar surface area (TPSA) is 15.3 Å². The van der Waals surface area contributed by atoms with E-state index in [9.17, 15) is 0 Å². The number of hydrogen-bond acceptors (Lipinski definition) is 2. The van der Waals surface area contributed by atoms with Crippen molar-refractivity contribution < 1.29 is 0 Å². The quantitative estimate of drug-likeness (QED) is 0.160. The Morgan fingerprint density at radius 3 is 0.901 bits per heavy atom. The fraction of sp³-hybridized carbons (Fsp3) is 0.0741. The molecule has 0 aromatic heterocycles. The van der Waals surface area contributed by atoms with Gasteiger partial charge in [-0.3, -0.25) is 0 Å². The molecule has 0 amide bonds. The van der Waals surface area contributed by atoms with Crippen LogP contribution in [0.2, 0.25) is 5.02 Å². The minimum absolute atomic E-state index is 0.0981. The molecule has 1 N–H and O–H groups in total. The minimum atomic E-state index is -0.400. The summed E-state index contributed by atoms with van der Waals surface area (Å²) in [6.45, 7) is 9.53. The van der Waals surface area contributed by atoms with Crippen molar-refractivity contribution >= 4 is 83.1 Å². The second kappa shape index (κ2) is 26.6. The maximum atomic E-state index is 6.30. The van der Waals surface area contributed by atoms with Gasteiger partial charge in [0.1, 0.15) is 0 Å². The molecule has 0 saturated heterocycles. The summed E-state index contributed by atoms with van der Waals surface area (Å²) in [5.74, 6) is 0. The number of fused-ring (bicyclic) bond motifs is 24. The highest BCUT2D eigenvalue weighted by Crippen LogP contribution is 2.65. The third kappa shape index (κ3) is 10.7. The van der Waals surface area contributed by atoms with Gasteiger partial charge in [-0.15, -0.1) is 0 Å². The molecule has 4 aliphatic rings. The predicted octanol–water partition coefficient (Wildman–Crippen LogP) is 28.9. The maximum absolute atomic E-state index is 6.30. The summed E-state index contributed by atoms with van der Waals surface area (Å²) in [5.41, 5.74) is 31.6. The molecule has 3 heteroatoms. The van der Waals surface area contributed by atoms with Crippen molar-refractivity contribution in [2.24, 2.45) is 0 Å². The van der Waals surface area contributed by atoms with Gasteiger partial charge in [0, 0.05) is 44.3 Å². The van der Waals surface area contributed by atoms with Crippen LogP contribution in [0.3, 0.4) is 0 Å².